The second-order valence-corrected chi connectivity index (χ2v) is 6.26. The number of esters is 1. The third-order valence-corrected chi connectivity index (χ3v) is 3.09. The van der Waals surface area contributed by atoms with E-state index >= 15 is 0 Å². The molecule has 1 aromatic carbocycles. The summed E-state index contributed by atoms with van der Waals surface area (Å²) in [6.07, 6.45) is -0.926. The molecule has 7 heteroatoms. The van der Waals surface area contributed by atoms with Gasteiger partial charge in [-0.3, -0.25) is 4.79 Å². The maximum absolute atomic E-state index is 12.2. The normalized spacial score (nSPS) is 14.8. The molecule has 7 nitrogen and oxygen atoms in total. The highest BCUT2D eigenvalue weighted by Gasteiger charge is 2.41. The molecular formula is C17H19NO6. The predicted molar refractivity (Wildman–Crippen MR) is 83.8 cm³/mol. The topological polar surface area (TPSA) is 93.1 Å². The molecular weight excluding hydrogens is 314 g/mol. The van der Waals surface area contributed by atoms with Gasteiger partial charge in [-0.05, 0) is 26.3 Å². The summed E-state index contributed by atoms with van der Waals surface area (Å²) in [5.74, 6) is -2.42. The highest BCUT2D eigenvalue weighted by atomic mass is 16.6. The molecule has 1 aromatic rings. The molecule has 0 saturated heterocycles. The lowest BCUT2D eigenvalue weighted by molar-refractivity contribution is -0.142. The summed E-state index contributed by atoms with van der Waals surface area (Å²) in [5, 5.41) is 9.85. The number of carbonyl (C=O) groups is 3. The molecule has 0 unspecified atom stereocenters. The number of hydrogen-bond acceptors (Lipinski definition) is 6. The summed E-state index contributed by atoms with van der Waals surface area (Å²) in [6.45, 7) is 4.48. The van der Waals surface area contributed by atoms with E-state index in [2.05, 4.69) is 0 Å². The summed E-state index contributed by atoms with van der Waals surface area (Å²) >= 11 is 0. The highest BCUT2D eigenvalue weighted by molar-refractivity contribution is 6.21. The van der Waals surface area contributed by atoms with Crippen LogP contribution in [0, 0.1) is 0 Å². The van der Waals surface area contributed by atoms with Crippen molar-refractivity contribution >= 4 is 18.0 Å². The van der Waals surface area contributed by atoms with Crippen molar-refractivity contribution in [1.29, 1.82) is 0 Å². The SMILES string of the molecule is CC(C)(C)OC(=O)N1CC(O)=C(C(=O)OCc2ccccc2)C1=O. The van der Waals surface area contributed by atoms with Gasteiger partial charge in [-0.1, -0.05) is 30.3 Å². The van der Waals surface area contributed by atoms with E-state index < -0.39 is 41.4 Å². The van der Waals surface area contributed by atoms with Gasteiger partial charge in [0.15, 0.2) is 5.57 Å². The fraction of sp³-hybridized carbons (Fsp3) is 0.353. The maximum atomic E-state index is 12.2. The van der Waals surface area contributed by atoms with Crippen LogP contribution in [0.25, 0.3) is 0 Å². The second-order valence-electron chi connectivity index (χ2n) is 6.26. The van der Waals surface area contributed by atoms with Crippen molar-refractivity contribution in [3.05, 3.63) is 47.2 Å². The number of imide groups is 1. The third kappa shape index (κ3) is 4.13. The summed E-state index contributed by atoms with van der Waals surface area (Å²) in [7, 11) is 0. The standard InChI is InChI=1S/C17H19NO6/c1-17(2,3)24-16(22)18-9-12(19)13(14(18)20)15(21)23-10-11-7-5-4-6-8-11/h4-8,19H,9-10H2,1-3H3. The van der Waals surface area contributed by atoms with Crippen LogP contribution >= 0.6 is 0 Å². The van der Waals surface area contributed by atoms with Crippen molar-refractivity contribution in [1.82, 2.24) is 4.90 Å². The molecule has 0 spiro atoms. The number of ether oxygens (including phenoxy) is 2. The van der Waals surface area contributed by atoms with E-state index in [1.165, 1.54) is 0 Å². The molecule has 0 fully saturated rings. The van der Waals surface area contributed by atoms with Gasteiger partial charge in [0, 0.05) is 0 Å². The average molecular weight is 333 g/mol. The van der Waals surface area contributed by atoms with Crippen LogP contribution in [0.15, 0.2) is 41.7 Å². The molecule has 0 aliphatic carbocycles. The Hall–Kier alpha value is -2.83. The quantitative estimate of drug-likeness (QED) is 0.674. The fourth-order valence-electron chi connectivity index (χ4n) is 2.02. The molecule has 0 radical (unpaired) electrons. The Kier molecular flexibility index (Phi) is 4.92. The molecule has 2 amide bonds. The average Bonchev–Trinajstić information content (AvgIpc) is 2.79. The zero-order chi connectivity index (χ0) is 17.9. The Morgan fingerprint density at radius 2 is 1.83 bits per heavy atom. The van der Waals surface area contributed by atoms with Crippen molar-refractivity contribution in [2.75, 3.05) is 6.54 Å². The lowest BCUT2D eigenvalue weighted by atomic mass is 10.2. The largest absolute Gasteiger partial charge is 0.509 e. The number of aliphatic hydroxyl groups excluding tert-OH is 1. The van der Waals surface area contributed by atoms with Gasteiger partial charge in [0.25, 0.3) is 5.91 Å². The summed E-state index contributed by atoms with van der Waals surface area (Å²) in [6, 6.07) is 8.89. The monoisotopic (exact) mass is 333 g/mol. The van der Waals surface area contributed by atoms with E-state index in [1.807, 2.05) is 6.07 Å². The van der Waals surface area contributed by atoms with Crippen LogP contribution in [0.3, 0.4) is 0 Å². The lowest BCUT2D eigenvalue weighted by Crippen LogP contribution is -2.39. The van der Waals surface area contributed by atoms with Gasteiger partial charge in [0.05, 0.1) is 6.54 Å². The first kappa shape index (κ1) is 17.5. The van der Waals surface area contributed by atoms with Gasteiger partial charge in [-0.15, -0.1) is 0 Å². The minimum atomic E-state index is -0.979. The van der Waals surface area contributed by atoms with Crippen molar-refractivity contribution in [3.63, 3.8) is 0 Å². The minimum Gasteiger partial charge on any atom is -0.509 e. The molecule has 0 aromatic heterocycles. The van der Waals surface area contributed by atoms with Crippen LogP contribution in [0.5, 0.6) is 0 Å². The molecule has 0 atom stereocenters. The molecule has 1 heterocycles. The van der Waals surface area contributed by atoms with E-state index in [9.17, 15) is 19.5 Å². The second kappa shape index (κ2) is 6.74. The summed E-state index contributed by atoms with van der Waals surface area (Å²) in [5.41, 5.74) is -0.610. The molecule has 24 heavy (non-hydrogen) atoms. The van der Waals surface area contributed by atoms with Crippen molar-refractivity contribution in [3.8, 4) is 0 Å². The smallest absolute Gasteiger partial charge is 0.417 e. The van der Waals surface area contributed by atoms with Crippen LogP contribution in [0.1, 0.15) is 26.3 Å². The van der Waals surface area contributed by atoms with E-state index in [0.717, 1.165) is 5.56 Å². The Morgan fingerprint density at radius 1 is 1.21 bits per heavy atom. The Balaban J connectivity index is 2.02. The number of nitrogens with zero attached hydrogens (tertiary/aromatic N) is 1. The predicted octanol–water partition coefficient (Wildman–Crippen LogP) is 2.32. The first-order valence-corrected chi connectivity index (χ1v) is 7.37. The van der Waals surface area contributed by atoms with Crippen LogP contribution in [0.4, 0.5) is 4.79 Å². The van der Waals surface area contributed by atoms with Crippen LogP contribution in [0.2, 0.25) is 0 Å². The first-order valence-electron chi connectivity index (χ1n) is 7.37. The molecule has 2 rings (SSSR count). The molecule has 1 aliphatic rings. The van der Waals surface area contributed by atoms with Gasteiger partial charge in [0.1, 0.15) is 18.0 Å². The number of hydrogen-bond donors (Lipinski definition) is 1. The zero-order valence-corrected chi connectivity index (χ0v) is 13.7. The number of carbonyl (C=O) groups excluding carboxylic acids is 3. The Labute approximate surface area is 139 Å². The molecule has 0 bridgehead atoms. The van der Waals surface area contributed by atoms with Gasteiger partial charge >= 0.3 is 12.1 Å². The van der Waals surface area contributed by atoms with Crippen LogP contribution < -0.4 is 0 Å². The molecule has 128 valence electrons. The van der Waals surface area contributed by atoms with Crippen molar-refractivity contribution in [2.45, 2.75) is 33.0 Å². The van der Waals surface area contributed by atoms with Gasteiger partial charge in [-0.2, -0.15) is 0 Å². The number of rotatable bonds is 3. The van der Waals surface area contributed by atoms with Crippen LogP contribution in [-0.4, -0.2) is 40.1 Å². The van der Waals surface area contributed by atoms with E-state index in [1.54, 1.807) is 45.0 Å². The molecule has 1 N–H and O–H groups in total. The summed E-state index contributed by atoms with van der Waals surface area (Å²) < 4.78 is 10.1. The Morgan fingerprint density at radius 3 is 2.42 bits per heavy atom. The van der Waals surface area contributed by atoms with E-state index in [4.69, 9.17) is 9.47 Å². The van der Waals surface area contributed by atoms with E-state index in [-0.39, 0.29) is 6.61 Å². The third-order valence-electron chi connectivity index (χ3n) is 3.09. The number of amides is 2. The summed E-state index contributed by atoms with van der Waals surface area (Å²) in [4.78, 5) is 36.9. The minimum absolute atomic E-state index is 0.0455. The molecule has 0 saturated carbocycles. The van der Waals surface area contributed by atoms with Gasteiger partial charge < -0.3 is 14.6 Å². The van der Waals surface area contributed by atoms with Crippen molar-refractivity contribution in [2.24, 2.45) is 0 Å². The van der Waals surface area contributed by atoms with Gasteiger partial charge in [-0.25, -0.2) is 14.5 Å². The lowest BCUT2D eigenvalue weighted by Gasteiger charge is -2.23. The zero-order valence-electron chi connectivity index (χ0n) is 13.7. The van der Waals surface area contributed by atoms with E-state index in [0.29, 0.717) is 4.90 Å². The fourth-order valence-corrected chi connectivity index (χ4v) is 2.02. The van der Waals surface area contributed by atoms with Crippen molar-refractivity contribution < 1.29 is 29.0 Å². The Bertz CT molecular complexity index is 687. The first-order chi connectivity index (χ1) is 11.2. The van der Waals surface area contributed by atoms with Gasteiger partial charge in [0.2, 0.25) is 0 Å². The number of aliphatic hydroxyl groups is 1. The number of benzene rings is 1. The molecule has 1 aliphatic heterocycles. The van der Waals surface area contributed by atoms with Crippen LogP contribution in [-0.2, 0) is 25.7 Å². The maximum Gasteiger partial charge on any atom is 0.417 e. The highest BCUT2D eigenvalue weighted by Crippen LogP contribution is 2.21.